The normalized spacial score (nSPS) is 9.85. The van der Waals surface area contributed by atoms with Gasteiger partial charge in [0.2, 0.25) is 5.28 Å². The Balaban J connectivity index is 2.54. The Kier molecular flexibility index (Phi) is 3.77. The van der Waals surface area contributed by atoms with Crippen molar-refractivity contribution in [1.29, 1.82) is 5.26 Å². The summed E-state index contributed by atoms with van der Waals surface area (Å²) in [5, 5.41) is 19.8. The summed E-state index contributed by atoms with van der Waals surface area (Å²) in [6.07, 6.45) is 0. The highest BCUT2D eigenvalue weighted by atomic mass is 35.5. The van der Waals surface area contributed by atoms with Crippen molar-refractivity contribution in [1.82, 2.24) is 9.97 Å². The Labute approximate surface area is 118 Å². The summed E-state index contributed by atoms with van der Waals surface area (Å²) in [4.78, 5) is 17.8. The van der Waals surface area contributed by atoms with Gasteiger partial charge < -0.3 is 4.74 Å². The Morgan fingerprint density at radius 2 is 2.10 bits per heavy atom. The third-order valence-corrected chi connectivity index (χ3v) is 2.56. The van der Waals surface area contributed by atoms with Crippen LogP contribution in [0.3, 0.4) is 0 Å². The standard InChI is InChI=1S/C12H7ClN4O3/c1-7-10(17(18)19)11(16-12(13)15-7)20-9-5-3-2-4-8(9)6-14/h2-5H,1H3. The fraction of sp³-hybridized carbons (Fsp3) is 0.0833. The minimum atomic E-state index is -0.657. The summed E-state index contributed by atoms with van der Waals surface area (Å²) in [5.74, 6) is -0.137. The maximum Gasteiger partial charge on any atom is 0.352 e. The lowest BCUT2D eigenvalue weighted by molar-refractivity contribution is -0.386. The minimum Gasteiger partial charge on any atom is -0.432 e. The molecule has 0 fully saturated rings. The molecule has 2 rings (SSSR count). The zero-order valence-corrected chi connectivity index (χ0v) is 11.0. The van der Waals surface area contributed by atoms with E-state index in [0.29, 0.717) is 0 Å². The average Bonchev–Trinajstić information content (AvgIpc) is 2.38. The van der Waals surface area contributed by atoms with Gasteiger partial charge in [-0.05, 0) is 30.7 Å². The zero-order valence-electron chi connectivity index (χ0n) is 10.2. The fourth-order valence-corrected chi connectivity index (χ4v) is 1.74. The van der Waals surface area contributed by atoms with E-state index in [1.807, 2.05) is 6.07 Å². The largest absolute Gasteiger partial charge is 0.432 e. The van der Waals surface area contributed by atoms with E-state index < -0.39 is 4.92 Å². The Morgan fingerprint density at radius 3 is 2.75 bits per heavy atom. The predicted octanol–water partition coefficient (Wildman–Crippen LogP) is 3.01. The van der Waals surface area contributed by atoms with Crippen molar-refractivity contribution in [2.24, 2.45) is 0 Å². The second kappa shape index (κ2) is 5.50. The van der Waals surface area contributed by atoms with Crippen molar-refractivity contribution in [3.05, 3.63) is 50.9 Å². The summed E-state index contributed by atoms with van der Waals surface area (Å²) in [6.45, 7) is 1.43. The molecular formula is C12H7ClN4O3. The smallest absolute Gasteiger partial charge is 0.352 e. The number of nitro groups is 1. The van der Waals surface area contributed by atoms with Gasteiger partial charge in [0.1, 0.15) is 17.5 Å². The van der Waals surface area contributed by atoms with Crippen molar-refractivity contribution >= 4 is 17.3 Å². The highest BCUT2D eigenvalue weighted by molar-refractivity contribution is 6.28. The molecule has 0 aliphatic heterocycles. The quantitative estimate of drug-likeness (QED) is 0.489. The van der Waals surface area contributed by atoms with E-state index in [1.165, 1.54) is 19.1 Å². The van der Waals surface area contributed by atoms with Crippen molar-refractivity contribution < 1.29 is 9.66 Å². The third-order valence-electron chi connectivity index (χ3n) is 2.40. The van der Waals surface area contributed by atoms with Crippen molar-refractivity contribution in [2.75, 3.05) is 0 Å². The number of hydrogen-bond acceptors (Lipinski definition) is 6. The number of aryl methyl sites for hydroxylation is 1. The van der Waals surface area contributed by atoms with E-state index in [9.17, 15) is 10.1 Å². The molecule has 0 radical (unpaired) electrons. The molecule has 0 aliphatic rings. The number of hydrogen-bond donors (Lipinski definition) is 0. The summed E-state index contributed by atoms with van der Waals surface area (Å²) in [6, 6.07) is 8.24. The van der Waals surface area contributed by atoms with Crippen molar-refractivity contribution in [3.63, 3.8) is 0 Å². The number of ether oxygens (including phenoxy) is 1. The van der Waals surface area contributed by atoms with E-state index >= 15 is 0 Å². The molecule has 0 saturated carbocycles. The van der Waals surface area contributed by atoms with Gasteiger partial charge in [-0.3, -0.25) is 10.1 Å². The van der Waals surface area contributed by atoms with Crippen LogP contribution >= 0.6 is 11.6 Å². The SMILES string of the molecule is Cc1nc(Cl)nc(Oc2ccccc2C#N)c1[N+](=O)[O-]. The predicted molar refractivity (Wildman–Crippen MR) is 69.7 cm³/mol. The van der Waals surface area contributed by atoms with Crippen molar-refractivity contribution in [3.8, 4) is 17.7 Å². The number of aromatic nitrogens is 2. The van der Waals surface area contributed by atoms with Crippen LogP contribution in [0.15, 0.2) is 24.3 Å². The summed E-state index contributed by atoms with van der Waals surface area (Å²) < 4.78 is 5.35. The molecule has 2 aromatic rings. The maximum absolute atomic E-state index is 11.0. The molecule has 1 aromatic carbocycles. The van der Waals surface area contributed by atoms with E-state index in [0.717, 1.165) is 0 Å². The lowest BCUT2D eigenvalue weighted by Crippen LogP contribution is -2.02. The summed E-state index contributed by atoms with van der Waals surface area (Å²) in [7, 11) is 0. The first kappa shape index (κ1) is 13.7. The molecule has 0 saturated heterocycles. The number of nitrogens with zero attached hydrogens (tertiary/aromatic N) is 4. The highest BCUT2D eigenvalue weighted by Crippen LogP contribution is 2.33. The van der Waals surface area contributed by atoms with Gasteiger partial charge in [-0.1, -0.05) is 12.1 Å². The van der Waals surface area contributed by atoms with Gasteiger partial charge in [0, 0.05) is 0 Å². The summed E-state index contributed by atoms with van der Waals surface area (Å²) in [5.41, 5.74) is -0.0734. The van der Waals surface area contributed by atoms with Gasteiger partial charge in [-0.15, -0.1) is 0 Å². The Morgan fingerprint density at radius 1 is 1.40 bits per heavy atom. The molecule has 0 atom stereocenters. The molecular weight excluding hydrogens is 284 g/mol. The summed E-state index contributed by atoms with van der Waals surface area (Å²) >= 11 is 5.68. The molecule has 0 spiro atoms. The fourth-order valence-electron chi connectivity index (χ4n) is 1.54. The Bertz CT molecular complexity index is 727. The van der Waals surface area contributed by atoms with Gasteiger partial charge in [0.15, 0.2) is 0 Å². The Hall–Kier alpha value is -2.72. The molecule has 0 unspecified atom stereocenters. The second-order valence-electron chi connectivity index (χ2n) is 3.70. The van der Waals surface area contributed by atoms with Gasteiger partial charge in [0.05, 0.1) is 10.5 Å². The zero-order chi connectivity index (χ0) is 14.7. The van der Waals surface area contributed by atoms with Crippen LogP contribution in [0.25, 0.3) is 0 Å². The van der Waals surface area contributed by atoms with Crippen LogP contribution in [-0.4, -0.2) is 14.9 Å². The lowest BCUT2D eigenvalue weighted by atomic mass is 10.2. The number of benzene rings is 1. The molecule has 100 valence electrons. The molecule has 8 heteroatoms. The number of halogens is 1. The third kappa shape index (κ3) is 2.65. The molecule has 7 nitrogen and oxygen atoms in total. The van der Waals surface area contributed by atoms with Gasteiger partial charge in [-0.2, -0.15) is 10.2 Å². The van der Waals surface area contributed by atoms with E-state index in [2.05, 4.69) is 9.97 Å². The van der Waals surface area contributed by atoms with Crippen LogP contribution in [0.2, 0.25) is 5.28 Å². The van der Waals surface area contributed by atoms with E-state index in [1.54, 1.807) is 12.1 Å². The number of para-hydroxylation sites is 1. The molecule has 0 amide bonds. The minimum absolute atomic E-state index is 0.0828. The van der Waals surface area contributed by atoms with Gasteiger partial charge in [-0.25, -0.2) is 4.98 Å². The number of rotatable bonds is 3. The van der Waals surface area contributed by atoms with Crippen LogP contribution in [0.1, 0.15) is 11.3 Å². The molecule has 0 bridgehead atoms. The highest BCUT2D eigenvalue weighted by Gasteiger charge is 2.24. The molecule has 1 aromatic heterocycles. The second-order valence-corrected chi connectivity index (χ2v) is 4.04. The first-order valence-corrected chi connectivity index (χ1v) is 5.76. The van der Waals surface area contributed by atoms with Crippen LogP contribution < -0.4 is 4.74 Å². The first-order chi connectivity index (χ1) is 9.52. The van der Waals surface area contributed by atoms with Crippen LogP contribution in [0.5, 0.6) is 11.6 Å². The molecule has 0 N–H and O–H groups in total. The molecule has 1 heterocycles. The maximum atomic E-state index is 11.0. The topological polar surface area (TPSA) is 102 Å². The van der Waals surface area contributed by atoms with E-state index in [4.69, 9.17) is 21.6 Å². The lowest BCUT2D eigenvalue weighted by Gasteiger charge is -2.07. The van der Waals surface area contributed by atoms with Gasteiger partial charge >= 0.3 is 11.6 Å². The molecule has 20 heavy (non-hydrogen) atoms. The van der Waals surface area contributed by atoms with Crippen LogP contribution in [0, 0.1) is 28.4 Å². The van der Waals surface area contributed by atoms with Gasteiger partial charge in [0.25, 0.3) is 0 Å². The number of nitriles is 1. The average molecular weight is 291 g/mol. The van der Waals surface area contributed by atoms with Crippen LogP contribution in [-0.2, 0) is 0 Å². The molecule has 0 aliphatic carbocycles. The van der Waals surface area contributed by atoms with E-state index in [-0.39, 0.29) is 33.9 Å². The monoisotopic (exact) mass is 290 g/mol. The van der Waals surface area contributed by atoms with Crippen molar-refractivity contribution in [2.45, 2.75) is 6.92 Å². The first-order valence-electron chi connectivity index (χ1n) is 5.38. The van der Waals surface area contributed by atoms with Crippen LogP contribution in [0.4, 0.5) is 5.69 Å².